The molecule has 0 atom stereocenters. The first kappa shape index (κ1) is 11.2. The number of anilines is 1. The van der Waals surface area contributed by atoms with Crippen LogP contribution in [0, 0.1) is 0 Å². The van der Waals surface area contributed by atoms with Crippen LogP contribution in [0.3, 0.4) is 0 Å². The molecule has 1 aromatic rings. The number of aromatic nitrogens is 1. The van der Waals surface area contributed by atoms with E-state index in [1.807, 2.05) is 12.1 Å². The van der Waals surface area contributed by atoms with Crippen molar-refractivity contribution in [2.24, 2.45) is 0 Å². The monoisotopic (exact) mass is 206 g/mol. The molecule has 0 unspecified atom stereocenters. The maximum Gasteiger partial charge on any atom is 0.412 e. The van der Waals surface area contributed by atoms with Crippen LogP contribution in [-0.2, 0) is 6.42 Å². The molecule has 0 aliphatic heterocycles. The van der Waals surface area contributed by atoms with Gasteiger partial charge in [0.25, 0.3) is 0 Å². The van der Waals surface area contributed by atoms with Gasteiger partial charge in [-0.3, -0.25) is 4.90 Å². The van der Waals surface area contributed by atoms with Crippen LogP contribution in [0.1, 0.15) is 12.1 Å². The summed E-state index contributed by atoms with van der Waals surface area (Å²) in [5, 5.41) is 8.77. The Balaban J connectivity index is 2.82. The molecule has 0 fully saturated rings. The highest BCUT2D eigenvalue weighted by Crippen LogP contribution is 2.11. The third-order valence-corrected chi connectivity index (χ3v) is 2.03. The molecule has 4 nitrogen and oxygen atoms in total. The normalized spacial score (nSPS) is 9.67. The summed E-state index contributed by atoms with van der Waals surface area (Å²) in [6.45, 7) is 3.63. The van der Waals surface area contributed by atoms with Gasteiger partial charge in [-0.25, -0.2) is 9.78 Å². The maximum atomic E-state index is 10.7. The molecule has 0 aliphatic carbocycles. The second-order valence-corrected chi connectivity index (χ2v) is 3.16. The van der Waals surface area contributed by atoms with E-state index in [9.17, 15) is 4.79 Å². The molecular weight excluding hydrogens is 192 g/mol. The fraction of sp³-hybridized carbons (Fsp3) is 0.273. The van der Waals surface area contributed by atoms with Crippen LogP contribution >= 0.6 is 0 Å². The number of amides is 1. The SMILES string of the molecule is C=CCCc1cccc(N(C)C(=O)O)n1. The van der Waals surface area contributed by atoms with E-state index in [0.29, 0.717) is 5.82 Å². The Morgan fingerprint density at radius 1 is 1.67 bits per heavy atom. The van der Waals surface area contributed by atoms with Gasteiger partial charge in [-0.1, -0.05) is 12.1 Å². The van der Waals surface area contributed by atoms with Crippen LogP contribution in [0.15, 0.2) is 30.9 Å². The van der Waals surface area contributed by atoms with Crippen molar-refractivity contribution in [2.45, 2.75) is 12.8 Å². The van der Waals surface area contributed by atoms with Crippen molar-refractivity contribution in [3.63, 3.8) is 0 Å². The van der Waals surface area contributed by atoms with Crippen LogP contribution in [0.25, 0.3) is 0 Å². The first-order valence-corrected chi connectivity index (χ1v) is 4.68. The Bertz CT molecular complexity index is 363. The predicted molar refractivity (Wildman–Crippen MR) is 59.2 cm³/mol. The highest BCUT2D eigenvalue weighted by atomic mass is 16.4. The van der Waals surface area contributed by atoms with Crippen LogP contribution in [0.2, 0.25) is 0 Å². The largest absolute Gasteiger partial charge is 0.465 e. The van der Waals surface area contributed by atoms with E-state index in [1.165, 1.54) is 7.05 Å². The number of pyridine rings is 1. The summed E-state index contributed by atoms with van der Waals surface area (Å²) in [6.07, 6.45) is 2.43. The van der Waals surface area contributed by atoms with Crippen molar-refractivity contribution >= 4 is 11.9 Å². The van der Waals surface area contributed by atoms with E-state index >= 15 is 0 Å². The molecule has 0 saturated heterocycles. The molecule has 80 valence electrons. The number of hydrogen-bond donors (Lipinski definition) is 1. The zero-order valence-corrected chi connectivity index (χ0v) is 8.68. The summed E-state index contributed by atoms with van der Waals surface area (Å²) in [6, 6.07) is 5.36. The van der Waals surface area contributed by atoms with Crippen LogP contribution in [0.4, 0.5) is 10.6 Å². The first-order chi connectivity index (χ1) is 7.15. The summed E-state index contributed by atoms with van der Waals surface area (Å²) in [5.41, 5.74) is 0.875. The molecule has 0 saturated carbocycles. The summed E-state index contributed by atoms with van der Waals surface area (Å²) in [7, 11) is 1.47. The topological polar surface area (TPSA) is 53.4 Å². The van der Waals surface area contributed by atoms with E-state index in [2.05, 4.69) is 11.6 Å². The third-order valence-electron chi connectivity index (χ3n) is 2.03. The smallest absolute Gasteiger partial charge is 0.412 e. The lowest BCUT2D eigenvalue weighted by molar-refractivity contribution is 0.203. The number of hydrogen-bond acceptors (Lipinski definition) is 2. The average molecular weight is 206 g/mol. The molecule has 1 aromatic heterocycles. The lowest BCUT2D eigenvalue weighted by Crippen LogP contribution is -2.24. The van der Waals surface area contributed by atoms with Crippen LogP contribution < -0.4 is 4.90 Å². The highest BCUT2D eigenvalue weighted by molar-refractivity contribution is 5.83. The van der Waals surface area contributed by atoms with Gasteiger partial charge in [-0.2, -0.15) is 0 Å². The minimum atomic E-state index is -1.01. The number of rotatable bonds is 4. The molecule has 1 amide bonds. The molecule has 15 heavy (non-hydrogen) atoms. The van der Waals surface area contributed by atoms with Crippen molar-refractivity contribution in [2.75, 3.05) is 11.9 Å². The molecule has 0 spiro atoms. The number of carbonyl (C=O) groups is 1. The van der Waals surface area contributed by atoms with Crippen molar-refractivity contribution in [1.82, 2.24) is 4.98 Å². The zero-order valence-electron chi connectivity index (χ0n) is 8.68. The molecule has 4 heteroatoms. The van der Waals surface area contributed by atoms with Gasteiger partial charge in [-0.15, -0.1) is 6.58 Å². The van der Waals surface area contributed by atoms with Crippen LogP contribution in [0.5, 0.6) is 0 Å². The number of nitrogens with zero attached hydrogens (tertiary/aromatic N) is 2. The van der Waals surface area contributed by atoms with Gasteiger partial charge in [0.2, 0.25) is 0 Å². The summed E-state index contributed by atoms with van der Waals surface area (Å²) < 4.78 is 0. The number of carboxylic acid groups (broad SMARTS) is 1. The summed E-state index contributed by atoms with van der Waals surface area (Å²) in [4.78, 5) is 16.0. The van der Waals surface area contributed by atoms with Crippen molar-refractivity contribution in [3.05, 3.63) is 36.5 Å². The summed E-state index contributed by atoms with van der Waals surface area (Å²) >= 11 is 0. The average Bonchev–Trinajstić information content (AvgIpc) is 2.25. The molecule has 0 aromatic carbocycles. The Morgan fingerprint density at radius 2 is 2.40 bits per heavy atom. The second kappa shape index (κ2) is 5.14. The van der Waals surface area contributed by atoms with Crippen molar-refractivity contribution in [3.8, 4) is 0 Å². The Morgan fingerprint density at radius 3 is 3.00 bits per heavy atom. The van der Waals surface area contributed by atoms with Gasteiger partial charge in [0.1, 0.15) is 5.82 Å². The molecule has 0 bridgehead atoms. The maximum absolute atomic E-state index is 10.7. The Kier molecular flexibility index (Phi) is 3.85. The zero-order chi connectivity index (χ0) is 11.3. The lowest BCUT2D eigenvalue weighted by Gasteiger charge is -2.12. The van der Waals surface area contributed by atoms with Gasteiger partial charge >= 0.3 is 6.09 Å². The molecule has 0 aliphatic rings. The highest BCUT2D eigenvalue weighted by Gasteiger charge is 2.09. The van der Waals surface area contributed by atoms with E-state index in [1.54, 1.807) is 12.1 Å². The third kappa shape index (κ3) is 3.09. The fourth-order valence-electron chi connectivity index (χ4n) is 1.14. The molecular formula is C11H14N2O2. The van der Waals surface area contributed by atoms with Gasteiger partial charge in [0.15, 0.2) is 0 Å². The Hall–Kier alpha value is -1.84. The minimum absolute atomic E-state index is 0.448. The van der Waals surface area contributed by atoms with E-state index in [-0.39, 0.29) is 0 Å². The number of allylic oxidation sites excluding steroid dienone is 1. The van der Waals surface area contributed by atoms with E-state index in [4.69, 9.17) is 5.11 Å². The lowest BCUT2D eigenvalue weighted by atomic mass is 10.2. The second-order valence-electron chi connectivity index (χ2n) is 3.16. The van der Waals surface area contributed by atoms with Gasteiger partial charge in [0.05, 0.1) is 0 Å². The molecule has 1 heterocycles. The van der Waals surface area contributed by atoms with Crippen molar-refractivity contribution in [1.29, 1.82) is 0 Å². The number of aryl methyl sites for hydroxylation is 1. The van der Waals surface area contributed by atoms with Gasteiger partial charge in [0, 0.05) is 12.7 Å². The molecule has 1 rings (SSSR count). The predicted octanol–water partition coefficient (Wildman–Crippen LogP) is 2.31. The van der Waals surface area contributed by atoms with Gasteiger partial charge in [-0.05, 0) is 25.0 Å². The quantitative estimate of drug-likeness (QED) is 0.769. The van der Waals surface area contributed by atoms with Gasteiger partial charge < -0.3 is 5.11 Å². The first-order valence-electron chi connectivity index (χ1n) is 4.68. The Labute approximate surface area is 88.9 Å². The fourth-order valence-corrected chi connectivity index (χ4v) is 1.14. The standard InChI is InChI=1S/C11H14N2O2/c1-3-4-6-9-7-5-8-10(12-9)13(2)11(14)15/h3,5,7-8H,1,4,6H2,2H3,(H,14,15). The van der Waals surface area contributed by atoms with Crippen LogP contribution in [-0.4, -0.2) is 23.2 Å². The molecule has 0 radical (unpaired) electrons. The van der Waals surface area contributed by atoms with Crippen molar-refractivity contribution < 1.29 is 9.90 Å². The summed E-state index contributed by atoms with van der Waals surface area (Å²) in [5.74, 6) is 0.448. The molecule has 1 N–H and O–H groups in total. The van der Waals surface area contributed by atoms with E-state index < -0.39 is 6.09 Å². The van der Waals surface area contributed by atoms with E-state index in [0.717, 1.165) is 23.4 Å². The minimum Gasteiger partial charge on any atom is -0.465 e.